The third kappa shape index (κ3) is 4.79. The lowest BCUT2D eigenvalue weighted by atomic mass is 10.0. The number of rotatable bonds is 5. The van der Waals surface area contributed by atoms with Gasteiger partial charge in [0.1, 0.15) is 22.9 Å². The second kappa shape index (κ2) is 10.1. The molecule has 2 unspecified atom stereocenters. The van der Waals surface area contributed by atoms with Crippen molar-refractivity contribution in [2.24, 2.45) is 0 Å². The largest absolute Gasteiger partial charge is 0.507 e. The molecular formula is C30H28ClF2N5O. The number of halogens is 3. The average molecular weight is 548 g/mol. The molecule has 6 nitrogen and oxygen atoms in total. The maximum atomic E-state index is 16.2. The molecule has 0 aliphatic carbocycles. The van der Waals surface area contributed by atoms with Gasteiger partial charge in [-0.25, -0.2) is 18.7 Å². The van der Waals surface area contributed by atoms with Gasteiger partial charge in [0.2, 0.25) is 0 Å². The molecule has 3 heterocycles. The molecule has 2 fully saturated rings. The fourth-order valence-corrected chi connectivity index (χ4v) is 5.81. The van der Waals surface area contributed by atoms with E-state index in [9.17, 15) is 9.50 Å². The number of phenolic OH excluding ortho intramolecular Hbond substituents is 1. The van der Waals surface area contributed by atoms with Crippen molar-refractivity contribution >= 4 is 46.2 Å². The molecule has 2 aliphatic rings. The number of phenols is 1. The van der Waals surface area contributed by atoms with Crippen LogP contribution < -0.4 is 15.1 Å². The summed E-state index contributed by atoms with van der Waals surface area (Å²) in [5.74, 6) is -1.06. The number of nitrogens with one attached hydrogen (secondary N) is 1. The number of anilines is 2. The highest BCUT2D eigenvalue weighted by Crippen LogP contribution is 2.42. The van der Waals surface area contributed by atoms with Crippen LogP contribution in [0.3, 0.4) is 0 Å². The summed E-state index contributed by atoms with van der Waals surface area (Å²) in [6.07, 6.45) is 5.78. The van der Waals surface area contributed by atoms with Gasteiger partial charge in [0, 0.05) is 55.9 Å². The molecule has 2 aliphatic heterocycles. The first-order valence-electron chi connectivity index (χ1n) is 12.9. The molecule has 2 N–H and O–H groups in total. The number of aromatic nitrogens is 2. The molecule has 39 heavy (non-hydrogen) atoms. The fourth-order valence-electron chi connectivity index (χ4n) is 5.53. The summed E-state index contributed by atoms with van der Waals surface area (Å²) >= 11 is 6.56. The molecule has 6 rings (SSSR count). The highest BCUT2D eigenvalue weighted by atomic mass is 35.5. The maximum Gasteiger partial charge on any atom is 0.159 e. The van der Waals surface area contributed by atoms with Gasteiger partial charge in [-0.05, 0) is 54.8 Å². The van der Waals surface area contributed by atoms with Gasteiger partial charge < -0.3 is 20.2 Å². The second-order valence-corrected chi connectivity index (χ2v) is 10.8. The van der Waals surface area contributed by atoms with E-state index in [2.05, 4.69) is 15.2 Å². The van der Waals surface area contributed by atoms with Crippen LogP contribution >= 0.6 is 11.6 Å². The summed E-state index contributed by atoms with van der Waals surface area (Å²) in [6.45, 7) is 1.46. The normalized spacial score (nSPS) is 18.8. The molecule has 2 bridgehead atoms. The van der Waals surface area contributed by atoms with Crippen LogP contribution in [0, 0.1) is 11.6 Å². The van der Waals surface area contributed by atoms with Crippen molar-refractivity contribution in [1.82, 2.24) is 15.3 Å². The predicted molar refractivity (Wildman–Crippen MR) is 153 cm³/mol. The first kappa shape index (κ1) is 25.5. The molecule has 0 amide bonds. The third-order valence-electron chi connectivity index (χ3n) is 7.47. The summed E-state index contributed by atoms with van der Waals surface area (Å²) in [5.41, 5.74) is 1.53. The van der Waals surface area contributed by atoms with E-state index in [4.69, 9.17) is 16.6 Å². The highest BCUT2D eigenvalue weighted by molar-refractivity contribution is 6.34. The van der Waals surface area contributed by atoms with Crippen LogP contribution in [0.4, 0.5) is 20.3 Å². The lowest BCUT2D eigenvalue weighted by molar-refractivity contribution is 0.464. The summed E-state index contributed by atoms with van der Waals surface area (Å²) < 4.78 is 31.0. The first-order chi connectivity index (χ1) is 18.8. The van der Waals surface area contributed by atoms with Crippen molar-refractivity contribution < 1.29 is 13.9 Å². The predicted octanol–water partition coefficient (Wildman–Crippen LogP) is 6.11. The highest BCUT2D eigenvalue weighted by Gasteiger charge is 2.34. The van der Waals surface area contributed by atoms with Crippen molar-refractivity contribution in [2.75, 3.05) is 37.0 Å². The van der Waals surface area contributed by atoms with Crippen LogP contribution in [-0.2, 0) is 0 Å². The minimum atomic E-state index is -0.801. The number of fused-ring (bicyclic) bond motifs is 3. The van der Waals surface area contributed by atoms with E-state index in [1.807, 2.05) is 49.3 Å². The van der Waals surface area contributed by atoms with Gasteiger partial charge >= 0.3 is 0 Å². The molecule has 4 aromatic rings. The Morgan fingerprint density at radius 3 is 2.38 bits per heavy atom. The van der Waals surface area contributed by atoms with Gasteiger partial charge in [0.15, 0.2) is 11.6 Å². The summed E-state index contributed by atoms with van der Waals surface area (Å²) in [7, 11) is 3.96. The topological polar surface area (TPSA) is 64.5 Å². The van der Waals surface area contributed by atoms with E-state index >= 15 is 4.39 Å². The van der Waals surface area contributed by atoms with Crippen LogP contribution in [-0.4, -0.2) is 54.3 Å². The Balaban J connectivity index is 1.51. The Labute approximate surface area is 230 Å². The molecule has 1 aromatic heterocycles. The standard InChI is InChI=1S/C30H28ClF2N5O/c1-37(2)20-11-6-17(7-12-20)8-13-25-35-29-21(30(36-25)38-15-18-9-10-19(16-38)34-18)14-22(31)26(28(29)33)27-23(32)4-3-5-24(27)39/h3-8,11-14,18-19,34,39H,9-10,15-16H2,1-2H3/b13-8+. The van der Waals surface area contributed by atoms with E-state index in [1.165, 1.54) is 12.1 Å². The summed E-state index contributed by atoms with van der Waals surface area (Å²) in [4.78, 5) is 13.6. The molecule has 0 radical (unpaired) electrons. The molecule has 2 saturated heterocycles. The summed E-state index contributed by atoms with van der Waals surface area (Å²) in [6, 6.07) is 14.1. The quantitative estimate of drug-likeness (QED) is 0.314. The number of nitrogens with zero attached hydrogens (tertiary/aromatic N) is 4. The molecule has 0 spiro atoms. The van der Waals surface area contributed by atoms with Crippen LogP contribution in [0.15, 0.2) is 48.5 Å². The lowest BCUT2D eigenvalue weighted by Gasteiger charge is -2.34. The van der Waals surface area contributed by atoms with Crippen molar-refractivity contribution in [3.8, 4) is 16.9 Å². The third-order valence-corrected chi connectivity index (χ3v) is 7.77. The van der Waals surface area contributed by atoms with Gasteiger partial charge in [-0.1, -0.05) is 35.9 Å². The zero-order valence-corrected chi connectivity index (χ0v) is 22.4. The maximum absolute atomic E-state index is 16.2. The zero-order chi connectivity index (χ0) is 27.3. The number of hydrogen-bond donors (Lipinski definition) is 2. The fraction of sp³-hybridized carbons (Fsp3) is 0.267. The minimum absolute atomic E-state index is 0.0207. The minimum Gasteiger partial charge on any atom is -0.507 e. The van der Waals surface area contributed by atoms with Gasteiger partial charge in [-0.2, -0.15) is 0 Å². The molecule has 2 atom stereocenters. The van der Waals surface area contributed by atoms with E-state index in [0.29, 0.717) is 29.1 Å². The zero-order valence-electron chi connectivity index (χ0n) is 21.6. The smallest absolute Gasteiger partial charge is 0.159 e. The van der Waals surface area contributed by atoms with E-state index in [-0.39, 0.29) is 21.7 Å². The second-order valence-electron chi connectivity index (χ2n) is 10.3. The Hall–Kier alpha value is -3.75. The monoisotopic (exact) mass is 547 g/mol. The van der Waals surface area contributed by atoms with Gasteiger partial charge in [0.05, 0.1) is 10.6 Å². The number of hydrogen-bond acceptors (Lipinski definition) is 6. The van der Waals surface area contributed by atoms with Crippen LogP contribution in [0.5, 0.6) is 5.75 Å². The van der Waals surface area contributed by atoms with Gasteiger partial charge in [0.25, 0.3) is 0 Å². The van der Waals surface area contributed by atoms with E-state index < -0.39 is 17.4 Å². The average Bonchev–Trinajstić information content (AvgIpc) is 3.26. The van der Waals surface area contributed by atoms with Gasteiger partial charge in [-0.15, -0.1) is 0 Å². The van der Waals surface area contributed by atoms with Crippen LogP contribution in [0.2, 0.25) is 5.02 Å². The molecule has 3 aromatic carbocycles. The van der Waals surface area contributed by atoms with Gasteiger partial charge in [-0.3, -0.25) is 0 Å². The Morgan fingerprint density at radius 1 is 1.00 bits per heavy atom. The summed E-state index contributed by atoms with van der Waals surface area (Å²) in [5, 5.41) is 14.4. The molecule has 0 saturated carbocycles. The van der Waals surface area contributed by atoms with E-state index in [0.717, 1.165) is 43.2 Å². The van der Waals surface area contributed by atoms with E-state index in [1.54, 1.807) is 12.1 Å². The van der Waals surface area contributed by atoms with Crippen LogP contribution in [0.25, 0.3) is 34.2 Å². The SMILES string of the molecule is CN(C)c1ccc(/C=C/c2nc(N3CC4CCC(C3)N4)c3cc(Cl)c(-c4c(O)cccc4F)c(F)c3n2)cc1. The van der Waals surface area contributed by atoms with Crippen LogP contribution in [0.1, 0.15) is 24.2 Å². The Bertz CT molecular complexity index is 1560. The number of piperazine rings is 1. The van der Waals surface area contributed by atoms with Crippen molar-refractivity contribution in [3.63, 3.8) is 0 Å². The lowest BCUT2D eigenvalue weighted by Crippen LogP contribution is -2.51. The Morgan fingerprint density at radius 2 is 1.72 bits per heavy atom. The molecule has 200 valence electrons. The number of aromatic hydroxyl groups is 1. The Kier molecular flexibility index (Phi) is 6.61. The number of benzene rings is 3. The first-order valence-corrected chi connectivity index (χ1v) is 13.3. The molecular weight excluding hydrogens is 520 g/mol. The molecule has 9 heteroatoms. The van der Waals surface area contributed by atoms with Crippen molar-refractivity contribution in [2.45, 2.75) is 24.9 Å². The van der Waals surface area contributed by atoms with Crippen molar-refractivity contribution in [3.05, 3.63) is 76.6 Å². The van der Waals surface area contributed by atoms with Crippen molar-refractivity contribution in [1.29, 1.82) is 0 Å².